The van der Waals surface area contributed by atoms with Crippen LogP contribution in [0.3, 0.4) is 0 Å². The van der Waals surface area contributed by atoms with Crippen LogP contribution in [0.2, 0.25) is 0 Å². The Kier molecular flexibility index (Phi) is 9.23. The Balaban J connectivity index is 2.17. The molecule has 0 bridgehead atoms. The van der Waals surface area contributed by atoms with Crippen molar-refractivity contribution < 1.29 is 61.4 Å². The van der Waals surface area contributed by atoms with Gasteiger partial charge in [-0.25, -0.2) is 0 Å². The van der Waals surface area contributed by atoms with E-state index in [9.17, 15) is 48.0 Å². The second-order valence-electron chi connectivity index (χ2n) is 7.30. The molecule has 38 heavy (non-hydrogen) atoms. The molecule has 0 amide bonds. The van der Waals surface area contributed by atoms with Crippen LogP contribution in [0.4, 0.5) is 26.3 Å². The third-order valence-electron chi connectivity index (χ3n) is 4.64. The number of benzene rings is 2. The molecule has 0 aliphatic heterocycles. The van der Waals surface area contributed by atoms with E-state index in [1.807, 2.05) is 0 Å². The standard InChI is InChI=1S/C21H18F6O8S3/c1-3-13-5-7-14(8-6-13)34-18(28)17(4-2)36-16-11-9-15(10-12-16)35-38(32,33)21(26,27)19(22,23)20(24,25)37(29,30)31/h3,5-12,17H,1,4H2,2H3,(H,29,30,31). The molecule has 2 aromatic carbocycles. The fourth-order valence-electron chi connectivity index (χ4n) is 2.56. The number of alkyl halides is 6. The Morgan fingerprint density at radius 3 is 1.89 bits per heavy atom. The van der Waals surface area contributed by atoms with Gasteiger partial charge < -0.3 is 8.92 Å². The normalized spacial score (nSPS) is 14.0. The molecule has 0 heterocycles. The number of rotatable bonds is 12. The molecule has 2 rings (SSSR count). The molecule has 0 saturated heterocycles. The Morgan fingerprint density at radius 1 is 0.947 bits per heavy atom. The number of halogens is 6. The fraction of sp³-hybridized carbons (Fsp3) is 0.286. The van der Waals surface area contributed by atoms with Crippen molar-refractivity contribution in [2.75, 3.05) is 0 Å². The van der Waals surface area contributed by atoms with Gasteiger partial charge >= 0.3 is 42.6 Å². The van der Waals surface area contributed by atoms with E-state index >= 15 is 0 Å². The summed E-state index contributed by atoms with van der Waals surface area (Å²) >= 11 is 0.909. The smallest absolute Gasteiger partial charge is 0.426 e. The Morgan fingerprint density at radius 2 is 1.45 bits per heavy atom. The molecule has 1 N–H and O–H groups in total. The van der Waals surface area contributed by atoms with Crippen molar-refractivity contribution >= 4 is 44.0 Å². The first kappa shape index (κ1) is 31.5. The molecule has 17 heteroatoms. The number of carbonyl (C=O) groups excluding carboxylic acids is 1. The summed E-state index contributed by atoms with van der Waals surface area (Å²) < 4.78 is 143. The van der Waals surface area contributed by atoms with Gasteiger partial charge in [0.25, 0.3) is 0 Å². The molecule has 0 aromatic heterocycles. The minimum atomic E-state index is -7.15. The van der Waals surface area contributed by atoms with E-state index in [0.717, 1.165) is 29.5 Å². The second kappa shape index (κ2) is 11.2. The van der Waals surface area contributed by atoms with Gasteiger partial charge in [0, 0.05) is 4.90 Å². The van der Waals surface area contributed by atoms with Gasteiger partial charge in [-0.1, -0.05) is 31.7 Å². The van der Waals surface area contributed by atoms with Crippen LogP contribution in [0.25, 0.3) is 6.08 Å². The van der Waals surface area contributed by atoms with Crippen molar-refractivity contribution in [3.63, 3.8) is 0 Å². The van der Waals surface area contributed by atoms with Crippen LogP contribution in [-0.2, 0) is 25.0 Å². The molecule has 1 atom stereocenters. The minimum Gasteiger partial charge on any atom is -0.426 e. The molecule has 2 aromatic rings. The molecule has 0 aliphatic carbocycles. The first-order valence-electron chi connectivity index (χ1n) is 10.1. The van der Waals surface area contributed by atoms with Crippen LogP contribution in [0, 0.1) is 0 Å². The summed E-state index contributed by atoms with van der Waals surface area (Å²) in [5, 5.41) is -14.5. The highest BCUT2D eigenvalue weighted by Crippen LogP contribution is 2.51. The van der Waals surface area contributed by atoms with Gasteiger partial charge in [0.15, 0.2) is 0 Å². The van der Waals surface area contributed by atoms with E-state index in [-0.39, 0.29) is 17.1 Å². The number of thioether (sulfide) groups is 1. The third-order valence-corrected chi connectivity index (χ3v) is 8.20. The van der Waals surface area contributed by atoms with Crippen molar-refractivity contribution in [2.45, 2.75) is 39.9 Å². The van der Waals surface area contributed by atoms with E-state index in [4.69, 9.17) is 9.29 Å². The van der Waals surface area contributed by atoms with Gasteiger partial charge in [-0.2, -0.15) is 43.2 Å². The highest BCUT2D eigenvalue weighted by atomic mass is 32.2. The van der Waals surface area contributed by atoms with Gasteiger partial charge in [-0.05, 0) is 48.4 Å². The zero-order chi connectivity index (χ0) is 29.2. The average molecular weight is 609 g/mol. The van der Waals surface area contributed by atoms with Gasteiger partial charge in [-0.3, -0.25) is 9.35 Å². The zero-order valence-corrected chi connectivity index (χ0v) is 21.4. The molecule has 0 fully saturated rings. The maximum absolute atomic E-state index is 13.9. The number of hydrogen-bond donors (Lipinski definition) is 1. The number of carbonyl (C=O) groups is 1. The van der Waals surface area contributed by atoms with E-state index in [0.29, 0.717) is 12.1 Å². The average Bonchev–Trinajstić information content (AvgIpc) is 2.82. The predicted octanol–water partition coefficient (Wildman–Crippen LogP) is 5.22. The second-order valence-corrected chi connectivity index (χ2v) is 11.6. The molecule has 0 radical (unpaired) electrons. The van der Waals surface area contributed by atoms with E-state index < -0.39 is 53.6 Å². The summed E-state index contributed by atoms with van der Waals surface area (Å²) in [5.41, 5.74) is 0.782. The quantitative estimate of drug-likeness (QED) is 0.0862. The van der Waals surface area contributed by atoms with E-state index in [2.05, 4.69) is 10.8 Å². The molecule has 1 unspecified atom stereocenters. The van der Waals surface area contributed by atoms with E-state index in [1.165, 1.54) is 12.1 Å². The zero-order valence-electron chi connectivity index (χ0n) is 19.0. The molecule has 210 valence electrons. The lowest BCUT2D eigenvalue weighted by molar-refractivity contribution is -0.247. The van der Waals surface area contributed by atoms with Crippen LogP contribution >= 0.6 is 11.8 Å². The lowest BCUT2D eigenvalue weighted by atomic mass is 10.2. The molecule has 0 aliphatic rings. The molecule has 0 saturated carbocycles. The van der Waals surface area contributed by atoms with Crippen molar-refractivity contribution in [3.05, 3.63) is 60.7 Å². The Labute approximate surface area is 217 Å². The lowest BCUT2D eigenvalue weighted by Crippen LogP contribution is -2.61. The SMILES string of the molecule is C=Cc1ccc(OC(=O)C(CC)Sc2ccc(OS(=O)(=O)C(F)(F)C(F)(F)C(F)(F)S(=O)(=O)O)cc2)cc1. The van der Waals surface area contributed by atoms with Crippen LogP contribution in [0.15, 0.2) is 60.0 Å². The maximum Gasteiger partial charge on any atom is 0.450 e. The van der Waals surface area contributed by atoms with Crippen LogP contribution in [0.5, 0.6) is 11.5 Å². The monoisotopic (exact) mass is 608 g/mol. The van der Waals surface area contributed by atoms with Crippen molar-refractivity contribution in [1.29, 1.82) is 0 Å². The summed E-state index contributed by atoms with van der Waals surface area (Å²) in [6, 6.07) is 9.86. The van der Waals surface area contributed by atoms with Gasteiger partial charge in [0.2, 0.25) is 0 Å². The third kappa shape index (κ3) is 6.27. The van der Waals surface area contributed by atoms with Crippen LogP contribution < -0.4 is 8.92 Å². The van der Waals surface area contributed by atoms with Crippen LogP contribution in [0.1, 0.15) is 18.9 Å². The van der Waals surface area contributed by atoms with Gasteiger partial charge in [0.05, 0.1) is 0 Å². The number of ether oxygens (including phenoxy) is 1. The number of hydrogen-bond acceptors (Lipinski definition) is 8. The Hall–Kier alpha value is -2.76. The Bertz CT molecular complexity index is 1380. The highest BCUT2D eigenvalue weighted by molar-refractivity contribution is 8.00. The minimum absolute atomic E-state index is 0.242. The lowest BCUT2D eigenvalue weighted by Gasteiger charge is -2.29. The molecule has 8 nitrogen and oxygen atoms in total. The topological polar surface area (TPSA) is 124 Å². The van der Waals surface area contributed by atoms with Crippen molar-refractivity contribution in [1.82, 2.24) is 0 Å². The first-order valence-corrected chi connectivity index (χ1v) is 13.8. The largest absolute Gasteiger partial charge is 0.450 e. The summed E-state index contributed by atoms with van der Waals surface area (Å²) in [7, 11) is -14.1. The highest BCUT2D eigenvalue weighted by Gasteiger charge is 2.83. The molecular formula is C21H18F6O8S3. The van der Waals surface area contributed by atoms with Crippen molar-refractivity contribution in [2.24, 2.45) is 0 Å². The first-order chi connectivity index (χ1) is 17.3. The fourth-order valence-corrected chi connectivity index (χ4v) is 4.92. The van der Waals surface area contributed by atoms with E-state index in [1.54, 1.807) is 25.1 Å². The summed E-state index contributed by atoms with van der Waals surface area (Å²) in [4.78, 5) is 12.7. The molecule has 0 spiro atoms. The summed E-state index contributed by atoms with van der Waals surface area (Å²) in [6.07, 6.45) is 1.83. The van der Waals surface area contributed by atoms with Crippen molar-refractivity contribution in [3.8, 4) is 11.5 Å². The van der Waals surface area contributed by atoms with Gasteiger partial charge in [0.1, 0.15) is 16.7 Å². The molecular weight excluding hydrogens is 590 g/mol. The van der Waals surface area contributed by atoms with Gasteiger partial charge in [-0.15, -0.1) is 11.8 Å². The number of esters is 1. The maximum atomic E-state index is 13.9. The summed E-state index contributed by atoms with van der Waals surface area (Å²) in [5.74, 6) is -8.57. The van der Waals surface area contributed by atoms with Crippen LogP contribution in [-0.4, -0.2) is 49.0 Å². The predicted molar refractivity (Wildman–Crippen MR) is 124 cm³/mol. The summed E-state index contributed by atoms with van der Waals surface area (Å²) in [6.45, 7) is 5.24.